The molecule has 1 fully saturated rings. The Hall–Kier alpha value is -1.77. The number of carbonyl (C=O) groups is 1. The molecule has 17 heavy (non-hydrogen) atoms. The molecule has 0 N–H and O–H groups in total. The van der Waals surface area contributed by atoms with Crippen LogP contribution in [0.2, 0.25) is 0 Å². The first-order valence-electron chi connectivity index (χ1n) is 5.89. The van der Waals surface area contributed by atoms with Gasteiger partial charge in [0, 0.05) is 6.54 Å². The summed E-state index contributed by atoms with van der Waals surface area (Å²) in [5, 5.41) is 0. The van der Waals surface area contributed by atoms with E-state index in [1.165, 1.54) is 5.56 Å². The van der Waals surface area contributed by atoms with Crippen LogP contribution in [0, 0.1) is 0 Å². The van der Waals surface area contributed by atoms with E-state index in [1.54, 1.807) is 4.90 Å². The number of amides is 1. The molecule has 0 radical (unpaired) electrons. The van der Waals surface area contributed by atoms with Gasteiger partial charge in [-0.3, -0.25) is 4.90 Å². The fraction of sp³-hybridized carbons (Fsp3) is 0.357. The summed E-state index contributed by atoms with van der Waals surface area (Å²) in [6, 6.07) is 10.3. The number of hydrogen-bond donors (Lipinski definition) is 0. The highest BCUT2D eigenvalue weighted by Gasteiger charge is 2.31. The van der Waals surface area contributed by atoms with Gasteiger partial charge in [-0.15, -0.1) is 0 Å². The minimum atomic E-state index is -0.205. The monoisotopic (exact) mass is 231 g/mol. The van der Waals surface area contributed by atoms with Crippen molar-refractivity contribution in [3.63, 3.8) is 0 Å². The molecule has 0 saturated carbocycles. The third-order valence-electron chi connectivity index (χ3n) is 2.93. The summed E-state index contributed by atoms with van der Waals surface area (Å²) < 4.78 is 5.10. The van der Waals surface area contributed by atoms with Crippen molar-refractivity contribution in [2.24, 2.45) is 0 Å². The highest BCUT2D eigenvalue weighted by atomic mass is 16.6. The van der Waals surface area contributed by atoms with Crippen LogP contribution in [0.5, 0.6) is 0 Å². The zero-order valence-corrected chi connectivity index (χ0v) is 10.0. The predicted octanol–water partition coefficient (Wildman–Crippen LogP) is 2.63. The molecule has 1 aromatic rings. The van der Waals surface area contributed by atoms with Crippen LogP contribution in [0.3, 0.4) is 0 Å². The molecule has 3 heteroatoms. The number of benzene rings is 1. The molecule has 1 aromatic carbocycles. The van der Waals surface area contributed by atoms with Crippen molar-refractivity contribution in [3.05, 3.63) is 48.0 Å². The van der Waals surface area contributed by atoms with Gasteiger partial charge < -0.3 is 4.74 Å². The molecule has 1 aliphatic heterocycles. The predicted molar refractivity (Wildman–Crippen MR) is 66.8 cm³/mol. The maximum Gasteiger partial charge on any atom is 0.410 e. The van der Waals surface area contributed by atoms with E-state index in [4.69, 9.17) is 4.74 Å². The van der Waals surface area contributed by atoms with Crippen molar-refractivity contribution in [2.75, 3.05) is 13.2 Å². The molecule has 2 rings (SSSR count). The van der Waals surface area contributed by atoms with Crippen LogP contribution >= 0.6 is 0 Å². The minimum Gasteiger partial charge on any atom is -0.447 e. The Labute approximate surface area is 102 Å². The second-order valence-corrected chi connectivity index (χ2v) is 4.14. The lowest BCUT2D eigenvalue weighted by molar-refractivity contribution is 0.160. The van der Waals surface area contributed by atoms with E-state index >= 15 is 0 Å². The van der Waals surface area contributed by atoms with Crippen molar-refractivity contribution < 1.29 is 9.53 Å². The second kappa shape index (κ2) is 5.53. The van der Waals surface area contributed by atoms with E-state index in [0.29, 0.717) is 13.2 Å². The Morgan fingerprint density at radius 2 is 2.18 bits per heavy atom. The van der Waals surface area contributed by atoms with Crippen molar-refractivity contribution in [2.45, 2.75) is 19.4 Å². The van der Waals surface area contributed by atoms with Gasteiger partial charge in [0.1, 0.15) is 6.61 Å². The summed E-state index contributed by atoms with van der Waals surface area (Å²) in [5.41, 5.74) is 1.24. The number of ether oxygens (including phenoxy) is 1. The van der Waals surface area contributed by atoms with Crippen LogP contribution in [-0.4, -0.2) is 30.2 Å². The summed E-state index contributed by atoms with van der Waals surface area (Å²) in [6.07, 6.45) is 4.57. The van der Waals surface area contributed by atoms with Gasteiger partial charge in [-0.2, -0.15) is 0 Å². The third-order valence-corrected chi connectivity index (χ3v) is 2.93. The van der Waals surface area contributed by atoms with Crippen molar-refractivity contribution in [3.8, 4) is 0 Å². The molecule has 0 spiro atoms. The van der Waals surface area contributed by atoms with Crippen LogP contribution in [0.15, 0.2) is 42.5 Å². The average Bonchev–Trinajstić information content (AvgIpc) is 2.69. The highest BCUT2D eigenvalue weighted by Crippen LogP contribution is 2.16. The molecule has 1 heterocycles. The van der Waals surface area contributed by atoms with Gasteiger partial charge in [0.25, 0.3) is 0 Å². The fourth-order valence-corrected chi connectivity index (χ4v) is 1.99. The molecule has 3 nitrogen and oxygen atoms in total. The fourth-order valence-electron chi connectivity index (χ4n) is 1.99. The smallest absolute Gasteiger partial charge is 0.410 e. The van der Waals surface area contributed by atoms with Gasteiger partial charge >= 0.3 is 6.09 Å². The average molecular weight is 231 g/mol. The van der Waals surface area contributed by atoms with E-state index in [9.17, 15) is 4.79 Å². The lowest BCUT2D eigenvalue weighted by atomic mass is 10.1. The van der Waals surface area contributed by atoms with E-state index < -0.39 is 0 Å². The molecular formula is C14H17NO2. The first kappa shape index (κ1) is 11.7. The van der Waals surface area contributed by atoms with E-state index in [2.05, 4.69) is 12.1 Å². The Kier molecular flexibility index (Phi) is 3.81. The zero-order chi connectivity index (χ0) is 12.1. The first-order valence-corrected chi connectivity index (χ1v) is 5.89. The molecule has 1 aliphatic rings. The summed E-state index contributed by atoms with van der Waals surface area (Å²) in [5.74, 6) is 0. The number of cyclic esters (lactones) is 1. The summed E-state index contributed by atoms with van der Waals surface area (Å²) >= 11 is 0. The Morgan fingerprint density at radius 1 is 1.41 bits per heavy atom. The highest BCUT2D eigenvalue weighted by molar-refractivity contribution is 5.70. The van der Waals surface area contributed by atoms with Crippen LogP contribution in [0.1, 0.15) is 12.5 Å². The first-order chi connectivity index (χ1) is 8.31. The Balaban J connectivity index is 2.02. The second-order valence-electron chi connectivity index (χ2n) is 4.14. The standard InChI is InChI=1S/C14H17NO2/c1-2-3-9-15-13(11-17-14(15)16)10-12-7-5-4-6-8-12/h2-8,13H,9-11H2,1H3/b3-2+/t13-/m1/s1. The lowest BCUT2D eigenvalue weighted by Crippen LogP contribution is -2.35. The molecule has 90 valence electrons. The number of nitrogens with zero attached hydrogens (tertiary/aromatic N) is 1. The quantitative estimate of drug-likeness (QED) is 0.745. The molecule has 1 amide bonds. The lowest BCUT2D eigenvalue weighted by Gasteiger charge is -2.19. The third kappa shape index (κ3) is 2.87. The summed E-state index contributed by atoms with van der Waals surface area (Å²) in [7, 11) is 0. The van der Waals surface area contributed by atoms with Gasteiger partial charge in [0.05, 0.1) is 6.04 Å². The van der Waals surface area contributed by atoms with Crippen LogP contribution in [0.25, 0.3) is 0 Å². The zero-order valence-electron chi connectivity index (χ0n) is 10.0. The molecule has 1 saturated heterocycles. The molecule has 0 unspecified atom stereocenters. The largest absolute Gasteiger partial charge is 0.447 e. The molecule has 0 aliphatic carbocycles. The molecular weight excluding hydrogens is 214 g/mol. The molecule has 0 aromatic heterocycles. The normalized spacial score (nSPS) is 19.9. The van der Waals surface area contributed by atoms with Crippen molar-refractivity contribution in [1.29, 1.82) is 0 Å². The van der Waals surface area contributed by atoms with Gasteiger partial charge in [0.15, 0.2) is 0 Å². The topological polar surface area (TPSA) is 29.5 Å². The van der Waals surface area contributed by atoms with Crippen LogP contribution in [0.4, 0.5) is 4.79 Å². The van der Waals surface area contributed by atoms with Crippen LogP contribution < -0.4 is 0 Å². The van der Waals surface area contributed by atoms with E-state index in [-0.39, 0.29) is 12.1 Å². The molecule has 0 bridgehead atoms. The van der Waals surface area contributed by atoms with E-state index in [1.807, 2.05) is 37.3 Å². The summed E-state index contributed by atoms with van der Waals surface area (Å²) in [6.45, 7) is 3.08. The van der Waals surface area contributed by atoms with E-state index in [0.717, 1.165) is 6.42 Å². The van der Waals surface area contributed by atoms with Crippen molar-refractivity contribution in [1.82, 2.24) is 4.90 Å². The molecule has 1 atom stereocenters. The SMILES string of the molecule is C/C=C/CN1C(=O)OC[C@H]1Cc1ccccc1. The minimum absolute atomic E-state index is 0.154. The summed E-state index contributed by atoms with van der Waals surface area (Å²) in [4.78, 5) is 13.3. The van der Waals surface area contributed by atoms with Gasteiger partial charge in [-0.1, -0.05) is 42.5 Å². The Morgan fingerprint density at radius 3 is 2.88 bits per heavy atom. The van der Waals surface area contributed by atoms with Gasteiger partial charge in [-0.05, 0) is 18.9 Å². The number of rotatable bonds is 4. The van der Waals surface area contributed by atoms with Crippen molar-refractivity contribution >= 4 is 6.09 Å². The number of hydrogen-bond acceptors (Lipinski definition) is 2. The van der Waals surface area contributed by atoms with Crippen LogP contribution in [-0.2, 0) is 11.2 Å². The maximum atomic E-state index is 11.6. The number of allylic oxidation sites excluding steroid dienone is 1. The Bertz CT molecular complexity index is 400. The van der Waals surface area contributed by atoms with Gasteiger partial charge in [0.2, 0.25) is 0 Å². The van der Waals surface area contributed by atoms with Gasteiger partial charge in [-0.25, -0.2) is 4.79 Å². The maximum absolute atomic E-state index is 11.6. The number of carbonyl (C=O) groups excluding carboxylic acids is 1.